The molecule has 2 aliphatic heterocycles. The number of aliphatic hydroxyl groups is 6. The highest BCUT2D eigenvalue weighted by molar-refractivity contribution is 7.47. The van der Waals surface area contributed by atoms with Crippen LogP contribution in [0, 0.1) is 11.8 Å². The Bertz CT molecular complexity index is 1240. The van der Waals surface area contributed by atoms with Gasteiger partial charge in [-0.1, -0.05) is 62.1 Å². The summed E-state index contributed by atoms with van der Waals surface area (Å²) in [6.07, 6.45) is -2.34. The molecule has 2 unspecified atom stereocenters. The van der Waals surface area contributed by atoms with Gasteiger partial charge in [0, 0.05) is 0 Å². The minimum Gasteiger partial charge on any atom is -0.479 e. The van der Waals surface area contributed by atoms with Crippen LogP contribution >= 0.6 is 7.82 Å². The molecule has 8 N–H and O–H groups in total. The van der Waals surface area contributed by atoms with Gasteiger partial charge in [0.15, 0.2) is 18.7 Å². The maximum atomic E-state index is 12.7. The molecule has 0 aliphatic carbocycles. The molecule has 0 aromatic heterocycles. The molecule has 15 nitrogen and oxygen atoms in total. The predicted octanol–water partition coefficient (Wildman–Crippen LogP) is 3.87. The molecule has 0 aromatic carbocycles. The summed E-state index contributed by atoms with van der Waals surface area (Å²) in [5, 5.41) is 70.5. The number of aliphatic carboxylic acids is 1. The van der Waals surface area contributed by atoms with Gasteiger partial charge < -0.3 is 54.8 Å². The molecule has 53 heavy (non-hydrogen) atoms. The van der Waals surface area contributed by atoms with E-state index in [4.69, 9.17) is 23.3 Å². The number of phosphoric ester groups is 1. The average molecular weight is 781 g/mol. The number of hydrogen-bond donors (Lipinski definition) is 8. The molecular weight excluding hydrogens is 715 g/mol. The summed E-state index contributed by atoms with van der Waals surface area (Å²) in [5.41, 5.74) is 4.19. The number of allylic oxidation sites excluding steroid dienone is 6. The van der Waals surface area contributed by atoms with Gasteiger partial charge >= 0.3 is 13.8 Å². The quantitative estimate of drug-likeness (QED) is 0.0542. The molecule has 12 atom stereocenters. The molecule has 0 aromatic rings. The van der Waals surface area contributed by atoms with Crippen molar-refractivity contribution in [2.45, 2.75) is 167 Å². The predicted molar refractivity (Wildman–Crippen MR) is 195 cm³/mol. The summed E-state index contributed by atoms with van der Waals surface area (Å²) >= 11 is 0. The molecule has 0 saturated carbocycles. The maximum absolute atomic E-state index is 12.7. The number of phosphoric acid groups is 1. The van der Waals surface area contributed by atoms with Gasteiger partial charge in [-0.2, -0.15) is 0 Å². The van der Waals surface area contributed by atoms with Crippen molar-refractivity contribution in [1.82, 2.24) is 0 Å². The second-order valence-corrected chi connectivity index (χ2v) is 16.3. The first-order valence-corrected chi connectivity index (χ1v) is 20.2. The third kappa shape index (κ3) is 16.6. The first kappa shape index (κ1) is 47.6. The average Bonchev–Trinajstić information content (AvgIpc) is 3.07. The Labute approximate surface area is 313 Å². The SMILES string of the molecule is C/C(=C/CCC(C)CCOP(=O)(O)O[C@H]1O[C@H](CO)[C@@H](O[C@@H]2O[C@H](C(=O)O)[C@@H](O)[C@H](O)[C@H]2O)[C@H](O)[C@H]1O)CC/C=C(\C)CC/C=C(\C)CCCC(C)C. The van der Waals surface area contributed by atoms with Gasteiger partial charge in [-0.3, -0.25) is 9.05 Å². The van der Waals surface area contributed by atoms with Crippen molar-refractivity contribution in [1.29, 1.82) is 0 Å². The van der Waals surface area contributed by atoms with E-state index in [2.05, 4.69) is 52.8 Å². The second-order valence-electron chi connectivity index (χ2n) is 14.9. The van der Waals surface area contributed by atoms with Crippen molar-refractivity contribution >= 4 is 13.8 Å². The first-order chi connectivity index (χ1) is 24.9. The molecule has 0 radical (unpaired) electrons. The molecular formula is C37H65O15P. The fraction of sp³-hybridized carbons (Fsp3) is 0.811. The van der Waals surface area contributed by atoms with Gasteiger partial charge in [0.1, 0.15) is 42.7 Å². The van der Waals surface area contributed by atoms with Crippen LogP contribution in [0.2, 0.25) is 0 Å². The lowest BCUT2D eigenvalue weighted by atomic mass is 9.97. The molecule has 2 aliphatic rings. The summed E-state index contributed by atoms with van der Waals surface area (Å²) in [5.74, 6) is -0.772. The van der Waals surface area contributed by atoms with Crippen molar-refractivity contribution in [2.75, 3.05) is 13.2 Å². The largest absolute Gasteiger partial charge is 0.479 e. The molecule has 0 bridgehead atoms. The van der Waals surface area contributed by atoms with E-state index in [9.17, 15) is 50.0 Å². The first-order valence-electron chi connectivity index (χ1n) is 18.7. The van der Waals surface area contributed by atoms with Crippen LogP contribution in [0.5, 0.6) is 0 Å². The van der Waals surface area contributed by atoms with Crippen LogP contribution in [0.3, 0.4) is 0 Å². The number of carboxylic acid groups (broad SMARTS) is 1. The maximum Gasteiger partial charge on any atom is 0.474 e. The number of rotatable bonds is 23. The van der Waals surface area contributed by atoms with E-state index >= 15 is 0 Å². The molecule has 2 saturated heterocycles. The van der Waals surface area contributed by atoms with Gasteiger partial charge in [0.25, 0.3) is 0 Å². The monoisotopic (exact) mass is 780 g/mol. The third-order valence-electron chi connectivity index (χ3n) is 9.59. The van der Waals surface area contributed by atoms with Gasteiger partial charge in [-0.05, 0) is 90.4 Å². The minimum absolute atomic E-state index is 0.148. The van der Waals surface area contributed by atoms with Crippen LogP contribution < -0.4 is 0 Å². The highest BCUT2D eigenvalue weighted by Gasteiger charge is 2.53. The summed E-state index contributed by atoms with van der Waals surface area (Å²) in [6, 6.07) is 0. The summed E-state index contributed by atoms with van der Waals surface area (Å²) in [7, 11) is -4.83. The van der Waals surface area contributed by atoms with Crippen LogP contribution in [0.1, 0.15) is 106 Å². The lowest BCUT2D eigenvalue weighted by Crippen LogP contribution is -2.65. The number of carbonyl (C=O) groups is 1. The summed E-state index contributed by atoms with van der Waals surface area (Å²) in [4.78, 5) is 21.7. The van der Waals surface area contributed by atoms with E-state index in [0.717, 1.165) is 44.4 Å². The van der Waals surface area contributed by atoms with Crippen molar-refractivity contribution in [2.24, 2.45) is 11.8 Å². The normalized spacial score (nSPS) is 32.2. The highest BCUT2D eigenvalue weighted by Crippen LogP contribution is 2.47. The number of hydrogen-bond acceptors (Lipinski definition) is 13. The standard InChI is InChI=1S/C37H65O15P/c1-22(2)11-7-12-23(3)13-8-14-24(4)15-9-16-25(5)17-10-18-26(6)19-20-48-53(46,47)52-37-32(43)30(41)33(27(21-38)49-37)50-36-31(42)28(39)29(40)34(51-36)35(44)45/h13,15,17,22,26-34,36-43H,7-12,14,16,18-21H2,1-6H3,(H,44,45)(H,46,47)/b23-13+,24-15+,25-17-/t26?,27-,28+,29+,30-,31-,32-,33-,34+,36-,37-/m1/s1. The highest BCUT2D eigenvalue weighted by atomic mass is 31.2. The number of aliphatic hydroxyl groups excluding tert-OH is 6. The molecule has 0 amide bonds. The van der Waals surface area contributed by atoms with Gasteiger partial charge in [-0.25, -0.2) is 9.36 Å². The molecule has 0 spiro atoms. The summed E-state index contributed by atoms with van der Waals surface area (Å²) in [6.45, 7) is 12.0. The minimum atomic E-state index is -4.83. The van der Waals surface area contributed by atoms with E-state index < -0.39 is 81.8 Å². The van der Waals surface area contributed by atoms with Crippen LogP contribution in [-0.2, 0) is 32.6 Å². The molecule has 2 rings (SSSR count). The Morgan fingerprint density at radius 2 is 1.32 bits per heavy atom. The van der Waals surface area contributed by atoms with Crippen molar-refractivity contribution in [3.8, 4) is 0 Å². The number of ether oxygens (including phenoxy) is 3. The van der Waals surface area contributed by atoms with Crippen LogP contribution in [0.4, 0.5) is 0 Å². The van der Waals surface area contributed by atoms with Crippen LogP contribution in [-0.4, -0.2) is 121 Å². The Morgan fingerprint density at radius 1 is 0.755 bits per heavy atom. The lowest BCUT2D eigenvalue weighted by molar-refractivity contribution is -0.349. The smallest absolute Gasteiger partial charge is 0.474 e. The third-order valence-corrected chi connectivity index (χ3v) is 10.6. The zero-order valence-electron chi connectivity index (χ0n) is 32.0. The zero-order chi connectivity index (χ0) is 39.9. The Hall–Kier alpha value is -1.56. The van der Waals surface area contributed by atoms with Crippen LogP contribution in [0.15, 0.2) is 34.9 Å². The van der Waals surface area contributed by atoms with Crippen LogP contribution in [0.25, 0.3) is 0 Å². The van der Waals surface area contributed by atoms with Crippen molar-refractivity contribution < 1.29 is 73.3 Å². The Balaban J connectivity index is 1.75. The van der Waals surface area contributed by atoms with Gasteiger partial charge in [0.2, 0.25) is 0 Å². The van der Waals surface area contributed by atoms with E-state index in [1.54, 1.807) is 0 Å². The van der Waals surface area contributed by atoms with Crippen molar-refractivity contribution in [3.05, 3.63) is 34.9 Å². The lowest BCUT2D eigenvalue weighted by Gasteiger charge is -2.45. The second kappa shape index (κ2) is 23.5. The van der Waals surface area contributed by atoms with Gasteiger partial charge in [-0.15, -0.1) is 0 Å². The Kier molecular flexibility index (Phi) is 21.1. The number of carboxylic acids is 1. The fourth-order valence-corrected chi connectivity index (χ4v) is 6.94. The Morgan fingerprint density at radius 3 is 1.89 bits per heavy atom. The molecule has 2 fully saturated rings. The van der Waals surface area contributed by atoms with E-state index in [1.807, 2.05) is 6.92 Å². The molecule has 2 heterocycles. The van der Waals surface area contributed by atoms with E-state index in [-0.39, 0.29) is 12.5 Å². The van der Waals surface area contributed by atoms with E-state index in [0.29, 0.717) is 6.42 Å². The fourth-order valence-electron chi connectivity index (χ4n) is 6.10. The molecule has 16 heteroatoms. The van der Waals surface area contributed by atoms with Crippen molar-refractivity contribution in [3.63, 3.8) is 0 Å². The summed E-state index contributed by atoms with van der Waals surface area (Å²) < 4.78 is 38.5. The molecule has 308 valence electrons. The zero-order valence-corrected chi connectivity index (χ0v) is 32.9. The van der Waals surface area contributed by atoms with E-state index in [1.165, 1.54) is 36.0 Å². The topological polar surface area (TPSA) is 242 Å². The van der Waals surface area contributed by atoms with Gasteiger partial charge in [0.05, 0.1) is 13.2 Å².